The molecular formula is C14H26BrNO. The van der Waals surface area contributed by atoms with E-state index < -0.39 is 0 Å². The Balaban J connectivity index is 2.55. The maximum atomic E-state index is 12.3. The van der Waals surface area contributed by atoms with Crippen LogP contribution in [-0.4, -0.2) is 16.8 Å². The Morgan fingerprint density at radius 1 is 1.24 bits per heavy atom. The first-order valence-electron chi connectivity index (χ1n) is 7.05. The van der Waals surface area contributed by atoms with Gasteiger partial charge in [0.1, 0.15) is 0 Å². The Morgan fingerprint density at radius 3 is 2.18 bits per heavy atom. The highest BCUT2D eigenvalue weighted by Crippen LogP contribution is 2.32. The average Bonchev–Trinajstić information content (AvgIpc) is 2.78. The lowest BCUT2D eigenvalue weighted by Crippen LogP contribution is -2.49. The molecule has 1 aliphatic rings. The summed E-state index contributed by atoms with van der Waals surface area (Å²) in [5, 5.41) is 4.23. The predicted molar refractivity (Wildman–Crippen MR) is 76.4 cm³/mol. The molecule has 1 N–H and O–H groups in total. The van der Waals surface area contributed by atoms with Crippen LogP contribution in [0.25, 0.3) is 0 Å². The number of nitrogens with one attached hydrogen (secondary N) is 1. The summed E-state index contributed by atoms with van der Waals surface area (Å²) in [6.07, 6.45) is 9.01. The van der Waals surface area contributed by atoms with Gasteiger partial charge in [0.25, 0.3) is 0 Å². The van der Waals surface area contributed by atoms with Crippen molar-refractivity contribution in [1.82, 2.24) is 5.32 Å². The van der Waals surface area contributed by atoms with E-state index in [0.29, 0.717) is 0 Å². The number of halogens is 1. The van der Waals surface area contributed by atoms with Crippen molar-refractivity contribution >= 4 is 21.8 Å². The second kappa shape index (κ2) is 7.40. The van der Waals surface area contributed by atoms with Gasteiger partial charge in [-0.25, -0.2) is 0 Å². The summed E-state index contributed by atoms with van der Waals surface area (Å²) in [5.41, 5.74) is 0.0524. The van der Waals surface area contributed by atoms with Gasteiger partial charge in [0.15, 0.2) is 0 Å². The Labute approximate surface area is 114 Å². The van der Waals surface area contributed by atoms with Crippen molar-refractivity contribution in [1.29, 1.82) is 0 Å². The summed E-state index contributed by atoms with van der Waals surface area (Å²) in [6.45, 7) is 4.32. The lowest BCUT2D eigenvalue weighted by Gasteiger charge is -2.30. The molecule has 2 nitrogen and oxygen atoms in total. The first kappa shape index (κ1) is 15.0. The number of amides is 1. The number of alkyl halides is 1. The first-order chi connectivity index (χ1) is 8.17. The van der Waals surface area contributed by atoms with E-state index in [1.165, 1.54) is 12.8 Å². The van der Waals surface area contributed by atoms with E-state index in [9.17, 15) is 4.79 Å². The minimum Gasteiger partial charge on any atom is -0.350 e. The normalized spacial score (nSPS) is 18.6. The molecule has 0 bridgehead atoms. The van der Waals surface area contributed by atoms with Crippen LogP contribution < -0.4 is 5.32 Å². The molecule has 0 aromatic heterocycles. The monoisotopic (exact) mass is 303 g/mol. The molecular weight excluding hydrogens is 278 g/mol. The van der Waals surface area contributed by atoms with Crippen LogP contribution in [0.4, 0.5) is 0 Å². The molecule has 0 aromatic carbocycles. The second-order valence-electron chi connectivity index (χ2n) is 5.38. The Kier molecular flexibility index (Phi) is 6.53. The second-order valence-corrected chi connectivity index (χ2v) is 5.95. The van der Waals surface area contributed by atoms with E-state index in [1.807, 2.05) is 0 Å². The van der Waals surface area contributed by atoms with E-state index in [2.05, 4.69) is 35.1 Å². The maximum absolute atomic E-state index is 12.3. The lowest BCUT2D eigenvalue weighted by molar-refractivity contribution is -0.127. The van der Waals surface area contributed by atoms with Gasteiger partial charge in [-0.3, -0.25) is 4.79 Å². The summed E-state index contributed by atoms with van der Waals surface area (Å²) < 4.78 is 0. The predicted octanol–water partition coefficient (Wildman–Crippen LogP) is 4.03. The van der Waals surface area contributed by atoms with Gasteiger partial charge in [-0.05, 0) is 25.7 Å². The van der Waals surface area contributed by atoms with Crippen molar-refractivity contribution in [3.8, 4) is 0 Å². The van der Waals surface area contributed by atoms with Crippen LogP contribution in [0, 0.1) is 5.92 Å². The number of hydrogen-bond acceptors (Lipinski definition) is 1. The van der Waals surface area contributed by atoms with Crippen molar-refractivity contribution in [2.45, 2.75) is 70.8 Å². The molecule has 0 aromatic rings. The zero-order valence-corrected chi connectivity index (χ0v) is 12.8. The third-order valence-electron chi connectivity index (χ3n) is 3.85. The highest BCUT2D eigenvalue weighted by atomic mass is 79.9. The molecule has 3 heteroatoms. The van der Waals surface area contributed by atoms with Crippen molar-refractivity contribution in [2.75, 3.05) is 5.33 Å². The van der Waals surface area contributed by atoms with Gasteiger partial charge in [0, 0.05) is 16.8 Å². The molecule has 1 saturated carbocycles. The van der Waals surface area contributed by atoms with Crippen LogP contribution in [0.2, 0.25) is 0 Å². The highest BCUT2D eigenvalue weighted by molar-refractivity contribution is 9.09. The number of carbonyl (C=O) groups is 1. The van der Waals surface area contributed by atoms with Gasteiger partial charge >= 0.3 is 0 Å². The average molecular weight is 304 g/mol. The van der Waals surface area contributed by atoms with Gasteiger partial charge in [0.2, 0.25) is 5.91 Å². The maximum Gasteiger partial charge on any atom is 0.223 e. The van der Waals surface area contributed by atoms with E-state index in [-0.39, 0.29) is 17.4 Å². The van der Waals surface area contributed by atoms with Gasteiger partial charge in [-0.2, -0.15) is 0 Å². The minimum atomic E-state index is 0.0524. The van der Waals surface area contributed by atoms with Crippen molar-refractivity contribution in [3.63, 3.8) is 0 Å². The van der Waals surface area contributed by atoms with Gasteiger partial charge < -0.3 is 5.32 Å². The van der Waals surface area contributed by atoms with E-state index in [1.54, 1.807) is 0 Å². The van der Waals surface area contributed by atoms with Gasteiger partial charge in [-0.15, -0.1) is 0 Å². The Morgan fingerprint density at radius 2 is 1.76 bits per heavy atom. The van der Waals surface area contributed by atoms with Crippen molar-refractivity contribution in [3.05, 3.63) is 0 Å². The molecule has 0 radical (unpaired) electrons. The standard InChI is InChI=1S/C14H26BrNO/c1-3-7-12(8-4-2)13(17)16-14(11-15)9-5-6-10-14/h12H,3-11H2,1-2H3,(H,16,17). The summed E-state index contributed by atoms with van der Waals surface area (Å²) in [5.74, 6) is 0.511. The fourth-order valence-corrected chi connectivity index (χ4v) is 3.51. The Bertz CT molecular complexity index is 230. The van der Waals surface area contributed by atoms with Crippen LogP contribution in [0.1, 0.15) is 65.2 Å². The molecule has 0 atom stereocenters. The molecule has 1 fully saturated rings. The number of carbonyl (C=O) groups excluding carboxylic acids is 1. The van der Waals surface area contributed by atoms with Crippen LogP contribution in [0.3, 0.4) is 0 Å². The van der Waals surface area contributed by atoms with Crippen LogP contribution in [0.5, 0.6) is 0 Å². The lowest BCUT2D eigenvalue weighted by atomic mass is 9.94. The molecule has 0 heterocycles. The van der Waals surface area contributed by atoms with E-state index >= 15 is 0 Å². The summed E-state index contributed by atoms with van der Waals surface area (Å²) in [6, 6.07) is 0. The van der Waals surface area contributed by atoms with E-state index in [4.69, 9.17) is 0 Å². The van der Waals surface area contributed by atoms with Crippen molar-refractivity contribution < 1.29 is 4.79 Å². The third kappa shape index (κ3) is 4.27. The zero-order valence-electron chi connectivity index (χ0n) is 11.2. The van der Waals surface area contributed by atoms with Gasteiger partial charge in [0.05, 0.1) is 0 Å². The molecule has 17 heavy (non-hydrogen) atoms. The minimum absolute atomic E-state index is 0.0524. The molecule has 100 valence electrons. The largest absolute Gasteiger partial charge is 0.350 e. The van der Waals surface area contributed by atoms with Crippen molar-refractivity contribution in [2.24, 2.45) is 5.92 Å². The number of hydrogen-bond donors (Lipinski definition) is 1. The fourth-order valence-electron chi connectivity index (χ4n) is 2.81. The molecule has 1 amide bonds. The van der Waals surface area contributed by atoms with Crippen LogP contribution in [0.15, 0.2) is 0 Å². The summed E-state index contributed by atoms with van der Waals surface area (Å²) in [7, 11) is 0. The molecule has 0 spiro atoms. The summed E-state index contributed by atoms with van der Waals surface area (Å²) >= 11 is 3.57. The first-order valence-corrected chi connectivity index (χ1v) is 8.17. The van der Waals surface area contributed by atoms with Gasteiger partial charge in [-0.1, -0.05) is 55.5 Å². The molecule has 0 aliphatic heterocycles. The Hall–Kier alpha value is -0.0500. The molecule has 0 unspecified atom stereocenters. The molecule has 1 rings (SSSR count). The van der Waals surface area contributed by atoms with Crippen LogP contribution in [-0.2, 0) is 4.79 Å². The highest BCUT2D eigenvalue weighted by Gasteiger charge is 2.35. The SMILES string of the molecule is CCCC(CCC)C(=O)NC1(CBr)CCCC1. The zero-order chi connectivity index (χ0) is 12.7. The molecule has 1 aliphatic carbocycles. The quantitative estimate of drug-likeness (QED) is 0.707. The fraction of sp³-hybridized carbons (Fsp3) is 0.929. The smallest absolute Gasteiger partial charge is 0.223 e. The van der Waals surface area contributed by atoms with Crippen LogP contribution >= 0.6 is 15.9 Å². The number of rotatable bonds is 7. The topological polar surface area (TPSA) is 29.1 Å². The third-order valence-corrected chi connectivity index (χ3v) is 4.92. The molecule has 0 saturated heterocycles. The summed E-state index contributed by atoms with van der Waals surface area (Å²) in [4.78, 5) is 12.3. The van der Waals surface area contributed by atoms with E-state index in [0.717, 1.165) is 43.9 Å².